The molecule has 33 heavy (non-hydrogen) atoms. The van der Waals surface area contributed by atoms with Crippen LogP contribution in [0.2, 0.25) is 0 Å². The number of urea groups is 1. The molecule has 0 aliphatic carbocycles. The highest BCUT2D eigenvalue weighted by molar-refractivity contribution is 6.05. The van der Waals surface area contributed by atoms with Crippen LogP contribution in [0.25, 0.3) is 0 Å². The van der Waals surface area contributed by atoms with Gasteiger partial charge in [0.2, 0.25) is 5.91 Å². The number of imide groups is 1. The van der Waals surface area contributed by atoms with Gasteiger partial charge in [-0.15, -0.1) is 0 Å². The lowest BCUT2D eigenvalue weighted by Gasteiger charge is -2.18. The summed E-state index contributed by atoms with van der Waals surface area (Å²) in [6, 6.07) is 12.9. The molecule has 2 aromatic carbocycles. The number of rotatable bonds is 11. The Labute approximate surface area is 192 Å². The Morgan fingerprint density at radius 3 is 2.48 bits per heavy atom. The molecule has 9 heteroatoms. The minimum Gasteiger partial charge on any atom is -0.493 e. The van der Waals surface area contributed by atoms with Crippen molar-refractivity contribution in [1.29, 1.82) is 0 Å². The summed E-state index contributed by atoms with van der Waals surface area (Å²) in [5, 5.41) is 14.9. The number of hydrogen-bond acceptors (Lipinski definition) is 6. The van der Waals surface area contributed by atoms with E-state index in [4.69, 9.17) is 9.47 Å². The third-order valence-corrected chi connectivity index (χ3v) is 5.48. The number of ether oxygens (including phenoxy) is 2. The Balaban J connectivity index is 1.53. The quantitative estimate of drug-likeness (QED) is 0.440. The molecule has 0 unspecified atom stereocenters. The molecule has 1 heterocycles. The average molecular weight is 456 g/mol. The monoisotopic (exact) mass is 455 g/mol. The fourth-order valence-electron chi connectivity index (χ4n) is 3.74. The van der Waals surface area contributed by atoms with E-state index in [9.17, 15) is 19.5 Å². The molecule has 0 spiro atoms. The van der Waals surface area contributed by atoms with Crippen LogP contribution >= 0.6 is 0 Å². The van der Waals surface area contributed by atoms with Gasteiger partial charge in [-0.25, -0.2) is 4.79 Å². The summed E-state index contributed by atoms with van der Waals surface area (Å²) in [5.41, 5.74) is 1.85. The normalized spacial score (nSPS) is 16.3. The Bertz CT molecular complexity index is 981. The van der Waals surface area contributed by atoms with Crippen molar-refractivity contribution in [3.63, 3.8) is 0 Å². The van der Waals surface area contributed by atoms with E-state index in [2.05, 4.69) is 10.6 Å². The number of carbonyl (C=O) groups is 3. The third kappa shape index (κ3) is 6.23. The van der Waals surface area contributed by atoms with Crippen LogP contribution in [0, 0.1) is 0 Å². The van der Waals surface area contributed by atoms with E-state index in [0.29, 0.717) is 24.3 Å². The van der Waals surface area contributed by atoms with E-state index >= 15 is 0 Å². The highest BCUT2D eigenvalue weighted by atomic mass is 16.5. The number of aliphatic hydroxyl groups is 1. The summed E-state index contributed by atoms with van der Waals surface area (Å²) in [5.74, 6) is 0.302. The summed E-state index contributed by atoms with van der Waals surface area (Å²) in [6.07, 6.45) is 0.705. The standard InChI is InChI=1S/C24H29N3O6/c1-32-20-9-8-17(13-21(20)33-2)10-11-27-23(30)19(26-24(27)31)14-22(29)25-18(15-28)12-16-6-4-3-5-7-16/h3-9,13,18-19,28H,10-12,14-15H2,1-2H3,(H,25,29)(H,26,31)/t18-,19-/m0/s1. The van der Waals surface area contributed by atoms with Gasteiger partial charge >= 0.3 is 6.03 Å². The molecule has 1 aliphatic rings. The Kier molecular flexibility index (Phi) is 8.26. The van der Waals surface area contributed by atoms with Gasteiger partial charge in [0.15, 0.2) is 11.5 Å². The zero-order valence-electron chi connectivity index (χ0n) is 18.7. The van der Waals surface area contributed by atoms with Crippen LogP contribution in [0.15, 0.2) is 48.5 Å². The number of hydrogen-bond donors (Lipinski definition) is 3. The maximum absolute atomic E-state index is 12.7. The summed E-state index contributed by atoms with van der Waals surface area (Å²) >= 11 is 0. The third-order valence-electron chi connectivity index (χ3n) is 5.48. The second-order valence-electron chi connectivity index (χ2n) is 7.77. The highest BCUT2D eigenvalue weighted by Crippen LogP contribution is 2.27. The predicted molar refractivity (Wildman–Crippen MR) is 121 cm³/mol. The first kappa shape index (κ1) is 24.1. The smallest absolute Gasteiger partial charge is 0.324 e. The van der Waals surface area contributed by atoms with Gasteiger partial charge in [0.05, 0.1) is 33.3 Å². The number of carbonyl (C=O) groups excluding carboxylic acids is 3. The number of amides is 4. The van der Waals surface area contributed by atoms with Crippen molar-refractivity contribution in [3.05, 3.63) is 59.7 Å². The lowest BCUT2D eigenvalue weighted by Crippen LogP contribution is -2.43. The Morgan fingerprint density at radius 1 is 1.09 bits per heavy atom. The molecule has 3 N–H and O–H groups in total. The molecular weight excluding hydrogens is 426 g/mol. The minimum absolute atomic E-state index is 0.172. The van der Waals surface area contributed by atoms with Crippen LogP contribution in [0.3, 0.4) is 0 Å². The number of aliphatic hydroxyl groups excluding tert-OH is 1. The number of nitrogens with zero attached hydrogens (tertiary/aromatic N) is 1. The number of methoxy groups -OCH3 is 2. The van der Waals surface area contributed by atoms with Crippen molar-refractivity contribution >= 4 is 17.8 Å². The van der Waals surface area contributed by atoms with Gasteiger partial charge in [-0.1, -0.05) is 36.4 Å². The first-order valence-electron chi connectivity index (χ1n) is 10.7. The van der Waals surface area contributed by atoms with Crippen molar-refractivity contribution in [2.24, 2.45) is 0 Å². The maximum Gasteiger partial charge on any atom is 0.324 e. The van der Waals surface area contributed by atoms with Gasteiger partial charge in [0.1, 0.15) is 6.04 Å². The molecule has 0 bridgehead atoms. The Morgan fingerprint density at radius 2 is 1.82 bits per heavy atom. The molecule has 1 saturated heterocycles. The van der Waals surface area contributed by atoms with Gasteiger partial charge in [0, 0.05) is 6.54 Å². The van der Waals surface area contributed by atoms with E-state index in [1.165, 1.54) is 7.11 Å². The summed E-state index contributed by atoms with van der Waals surface area (Å²) in [7, 11) is 3.08. The van der Waals surface area contributed by atoms with Crippen LogP contribution in [-0.4, -0.2) is 67.3 Å². The molecule has 2 aromatic rings. The molecule has 0 radical (unpaired) electrons. The van der Waals surface area contributed by atoms with E-state index in [1.807, 2.05) is 36.4 Å². The SMILES string of the molecule is COc1ccc(CCN2C(=O)N[C@@H](CC(=O)N[C@H](CO)Cc3ccccc3)C2=O)cc1OC. The van der Waals surface area contributed by atoms with E-state index in [0.717, 1.165) is 16.0 Å². The van der Waals surface area contributed by atoms with Gasteiger partial charge in [-0.2, -0.15) is 0 Å². The van der Waals surface area contributed by atoms with Gasteiger partial charge in [-0.3, -0.25) is 14.5 Å². The topological polar surface area (TPSA) is 117 Å². The Hall–Kier alpha value is -3.59. The molecule has 4 amide bonds. The molecule has 0 saturated carbocycles. The largest absolute Gasteiger partial charge is 0.493 e. The molecule has 176 valence electrons. The van der Waals surface area contributed by atoms with Crippen molar-refractivity contribution in [3.8, 4) is 11.5 Å². The molecule has 1 fully saturated rings. The lowest BCUT2D eigenvalue weighted by molar-refractivity contribution is -0.131. The highest BCUT2D eigenvalue weighted by Gasteiger charge is 2.38. The lowest BCUT2D eigenvalue weighted by atomic mass is 10.1. The molecule has 9 nitrogen and oxygen atoms in total. The molecule has 1 aliphatic heterocycles. The van der Waals surface area contributed by atoms with Crippen molar-refractivity contribution in [2.45, 2.75) is 31.3 Å². The first-order valence-corrected chi connectivity index (χ1v) is 10.7. The van der Waals surface area contributed by atoms with Gasteiger partial charge in [-0.05, 0) is 36.1 Å². The number of benzene rings is 2. The average Bonchev–Trinajstić information content (AvgIpc) is 3.09. The van der Waals surface area contributed by atoms with Crippen molar-refractivity contribution < 1.29 is 29.0 Å². The van der Waals surface area contributed by atoms with Crippen molar-refractivity contribution in [1.82, 2.24) is 15.5 Å². The van der Waals surface area contributed by atoms with Crippen molar-refractivity contribution in [2.75, 3.05) is 27.4 Å². The van der Waals surface area contributed by atoms with E-state index < -0.39 is 29.9 Å². The summed E-state index contributed by atoms with van der Waals surface area (Å²) < 4.78 is 10.5. The number of nitrogens with one attached hydrogen (secondary N) is 2. The predicted octanol–water partition coefficient (Wildman–Crippen LogP) is 1.28. The van der Waals surface area contributed by atoms with Crippen LogP contribution in [-0.2, 0) is 22.4 Å². The molecule has 2 atom stereocenters. The zero-order valence-corrected chi connectivity index (χ0v) is 18.7. The fourth-order valence-corrected chi connectivity index (χ4v) is 3.74. The van der Waals surface area contributed by atoms with Gasteiger partial charge < -0.3 is 25.2 Å². The molecule has 3 rings (SSSR count). The van der Waals surface area contributed by atoms with Crippen LogP contribution in [0.1, 0.15) is 17.5 Å². The van der Waals surface area contributed by atoms with E-state index in [1.54, 1.807) is 19.2 Å². The van der Waals surface area contributed by atoms with E-state index in [-0.39, 0.29) is 19.6 Å². The second kappa shape index (κ2) is 11.3. The maximum atomic E-state index is 12.7. The molecule has 0 aromatic heterocycles. The second-order valence-corrected chi connectivity index (χ2v) is 7.77. The summed E-state index contributed by atoms with van der Waals surface area (Å²) in [6.45, 7) is -0.0609. The first-order chi connectivity index (χ1) is 15.9. The van der Waals surface area contributed by atoms with Crippen LogP contribution in [0.4, 0.5) is 4.79 Å². The fraction of sp³-hybridized carbons (Fsp3) is 0.375. The molecular formula is C24H29N3O6. The van der Waals surface area contributed by atoms with Gasteiger partial charge in [0.25, 0.3) is 5.91 Å². The minimum atomic E-state index is -0.932. The summed E-state index contributed by atoms with van der Waals surface area (Å²) in [4.78, 5) is 38.6. The zero-order chi connectivity index (χ0) is 23.8. The van der Waals surface area contributed by atoms with Crippen LogP contribution < -0.4 is 20.1 Å². The van der Waals surface area contributed by atoms with Crippen LogP contribution in [0.5, 0.6) is 11.5 Å².